The summed E-state index contributed by atoms with van der Waals surface area (Å²) in [6.45, 7) is 0. The SMILES string of the molecule is c1ccc(-c2cc(-c3c(-c4ccc5ccc6cccc7ccc4c5c67)cc(-c4ccccc4)c4ccccc34)ccc2-c2ccc3ccc4cccc5ccc2c3c45)cc1. The van der Waals surface area contributed by atoms with Crippen LogP contribution in [0.15, 0.2) is 218 Å². The molecule has 0 aliphatic heterocycles. The van der Waals surface area contributed by atoms with E-state index in [9.17, 15) is 0 Å². The number of fused-ring (bicyclic) bond motifs is 1. The predicted octanol–water partition coefficient (Wildman–Crippen LogP) is 17.0. The summed E-state index contributed by atoms with van der Waals surface area (Å²) >= 11 is 0. The van der Waals surface area contributed by atoms with Crippen LogP contribution in [0.2, 0.25) is 0 Å². The Morgan fingerprint density at radius 3 is 1.18 bits per heavy atom. The Morgan fingerprint density at radius 1 is 0.183 bits per heavy atom. The minimum atomic E-state index is 1.20. The second-order valence-corrected chi connectivity index (χ2v) is 16.3. The minimum Gasteiger partial charge on any atom is -0.0622 e. The molecule has 276 valence electrons. The monoisotopic (exact) mass is 756 g/mol. The first-order valence-electron chi connectivity index (χ1n) is 20.9. The highest BCUT2D eigenvalue weighted by Gasteiger charge is 2.22. The second-order valence-electron chi connectivity index (χ2n) is 16.3. The molecule has 0 aromatic heterocycles. The highest BCUT2D eigenvalue weighted by Crippen LogP contribution is 2.49. The molecule has 0 saturated carbocycles. The smallest absolute Gasteiger partial charge is 0.00206 e. The van der Waals surface area contributed by atoms with Gasteiger partial charge in [-0.2, -0.15) is 0 Å². The Hall–Kier alpha value is -7.80. The third kappa shape index (κ3) is 4.86. The Kier molecular flexibility index (Phi) is 7.11. The number of rotatable bonds is 5. The molecule has 13 aromatic carbocycles. The zero-order valence-corrected chi connectivity index (χ0v) is 32.8. The van der Waals surface area contributed by atoms with Crippen molar-refractivity contribution in [2.45, 2.75) is 0 Å². The van der Waals surface area contributed by atoms with Crippen LogP contribution in [0.3, 0.4) is 0 Å². The highest BCUT2D eigenvalue weighted by atomic mass is 14.3. The lowest BCUT2D eigenvalue weighted by Gasteiger charge is -2.22. The molecule has 0 spiro atoms. The van der Waals surface area contributed by atoms with Gasteiger partial charge in [-0.15, -0.1) is 0 Å². The molecule has 13 aromatic rings. The van der Waals surface area contributed by atoms with E-state index in [4.69, 9.17) is 0 Å². The molecule has 0 heterocycles. The van der Waals surface area contributed by atoms with Gasteiger partial charge in [-0.25, -0.2) is 0 Å². The summed E-state index contributed by atoms with van der Waals surface area (Å²) in [6, 6.07) is 81.6. The maximum Gasteiger partial charge on any atom is -0.00206 e. The van der Waals surface area contributed by atoms with Crippen molar-refractivity contribution >= 4 is 75.4 Å². The molecular weight excluding hydrogens is 721 g/mol. The van der Waals surface area contributed by atoms with Gasteiger partial charge in [0, 0.05) is 0 Å². The van der Waals surface area contributed by atoms with E-state index in [1.54, 1.807) is 0 Å². The summed E-state index contributed by atoms with van der Waals surface area (Å²) in [5.74, 6) is 0. The van der Waals surface area contributed by atoms with E-state index in [0.717, 1.165) is 0 Å². The normalized spacial score (nSPS) is 12.0. The highest BCUT2D eigenvalue weighted by molar-refractivity contribution is 6.28. The van der Waals surface area contributed by atoms with Gasteiger partial charge < -0.3 is 0 Å². The fourth-order valence-corrected chi connectivity index (χ4v) is 10.5. The summed E-state index contributed by atoms with van der Waals surface area (Å²) in [5.41, 5.74) is 12.3. The van der Waals surface area contributed by atoms with Crippen LogP contribution in [0, 0.1) is 0 Å². The topological polar surface area (TPSA) is 0 Å². The zero-order chi connectivity index (χ0) is 39.3. The molecule has 0 nitrogen and oxygen atoms in total. The number of hydrogen-bond donors (Lipinski definition) is 0. The van der Waals surface area contributed by atoms with Gasteiger partial charge in [0.25, 0.3) is 0 Å². The van der Waals surface area contributed by atoms with Crippen LogP contribution in [-0.2, 0) is 0 Å². The molecule has 0 N–H and O–H groups in total. The van der Waals surface area contributed by atoms with Gasteiger partial charge in [-0.3, -0.25) is 0 Å². The van der Waals surface area contributed by atoms with E-state index in [1.807, 2.05) is 0 Å². The minimum absolute atomic E-state index is 1.20. The Bertz CT molecular complexity index is 3770. The molecule has 0 amide bonds. The summed E-state index contributed by atoms with van der Waals surface area (Å²) in [6.07, 6.45) is 0. The van der Waals surface area contributed by atoms with Crippen molar-refractivity contribution in [3.05, 3.63) is 218 Å². The number of hydrogen-bond acceptors (Lipinski definition) is 0. The maximum absolute atomic E-state index is 2.47. The van der Waals surface area contributed by atoms with Gasteiger partial charge in [-0.1, -0.05) is 206 Å². The van der Waals surface area contributed by atoms with Crippen molar-refractivity contribution in [2.24, 2.45) is 0 Å². The molecule has 0 heteroatoms. The average molecular weight is 757 g/mol. The van der Waals surface area contributed by atoms with Crippen molar-refractivity contribution in [1.29, 1.82) is 0 Å². The molecule has 0 aliphatic carbocycles. The van der Waals surface area contributed by atoms with Gasteiger partial charge in [0.2, 0.25) is 0 Å². The molecule has 0 radical (unpaired) electrons. The van der Waals surface area contributed by atoms with E-state index >= 15 is 0 Å². The first-order valence-corrected chi connectivity index (χ1v) is 20.9. The molecule has 0 bridgehead atoms. The molecule has 0 unspecified atom stereocenters. The van der Waals surface area contributed by atoms with Crippen LogP contribution in [0.4, 0.5) is 0 Å². The Morgan fingerprint density at radius 2 is 0.617 bits per heavy atom. The lowest BCUT2D eigenvalue weighted by molar-refractivity contribution is 1.58. The van der Waals surface area contributed by atoms with E-state index in [1.165, 1.54) is 131 Å². The first-order chi connectivity index (χ1) is 29.8. The van der Waals surface area contributed by atoms with Crippen molar-refractivity contribution in [1.82, 2.24) is 0 Å². The fourth-order valence-electron chi connectivity index (χ4n) is 10.5. The van der Waals surface area contributed by atoms with Crippen molar-refractivity contribution in [2.75, 3.05) is 0 Å². The lowest BCUT2D eigenvalue weighted by atomic mass is 9.81. The van der Waals surface area contributed by atoms with E-state index in [0.29, 0.717) is 0 Å². The van der Waals surface area contributed by atoms with Crippen molar-refractivity contribution in [3.63, 3.8) is 0 Å². The standard InChI is InChI=1S/C60H36/c1-3-11-37(12-4-1)53-35-45(29-32-48(53)47-30-25-43-23-21-39-15-9-17-41-27-33-51(47)59(43)56(39)41)58-50-20-8-7-19-46(50)54(38-13-5-2-6-14-38)36-55(58)49-31-26-44-24-22-40-16-10-18-42-28-34-52(49)60(44)57(40)42/h1-36H. The summed E-state index contributed by atoms with van der Waals surface area (Å²) in [5, 5.41) is 18.1. The van der Waals surface area contributed by atoms with Crippen LogP contribution in [-0.4, -0.2) is 0 Å². The summed E-state index contributed by atoms with van der Waals surface area (Å²) < 4.78 is 0. The quantitative estimate of drug-likeness (QED) is 0.153. The zero-order valence-electron chi connectivity index (χ0n) is 32.8. The molecule has 0 aliphatic rings. The van der Waals surface area contributed by atoms with Crippen LogP contribution >= 0.6 is 0 Å². The third-order valence-corrected chi connectivity index (χ3v) is 13.2. The van der Waals surface area contributed by atoms with Crippen molar-refractivity contribution < 1.29 is 0 Å². The molecule has 0 saturated heterocycles. The molecule has 0 fully saturated rings. The average Bonchev–Trinajstić information content (AvgIpc) is 3.32. The first kappa shape index (κ1) is 33.2. The van der Waals surface area contributed by atoms with Gasteiger partial charge in [0.05, 0.1) is 0 Å². The van der Waals surface area contributed by atoms with E-state index < -0.39 is 0 Å². The Labute approximate surface area is 347 Å². The largest absolute Gasteiger partial charge is 0.0622 e. The lowest BCUT2D eigenvalue weighted by Crippen LogP contribution is -1.95. The van der Waals surface area contributed by atoms with E-state index in [-0.39, 0.29) is 0 Å². The van der Waals surface area contributed by atoms with Gasteiger partial charge in [-0.05, 0) is 143 Å². The molecule has 60 heavy (non-hydrogen) atoms. The summed E-state index contributed by atoms with van der Waals surface area (Å²) in [4.78, 5) is 0. The maximum atomic E-state index is 2.47. The molecule has 0 atom stereocenters. The third-order valence-electron chi connectivity index (χ3n) is 13.2. The van der Waals surface area contributed by atoms with Gasteiger partial charge in [0.1, 0.15) is 0 Å². The fraction of sp³-hybridized carbons (Fsp3) is 0. The summed E-state index contributed by atoms with van der Waals surface area (Å²) in [7, 11) is 0. The van der Waals surface area contributed by atoms with Crippen LogP contribution in [0.5, 0.6) is 0 Å². The van der Waals surface area contributed by atoms with E-state index in [2.05, 4.69) is 218 Å². The second kappa shape index (κ2) is 12.9. The van der Waals surface area contributed by atoms with Crippen LogP contribution in [0.1, 0.15) is 0 Å². The van der Waals surface area contributed by atoms with Gasteiger partial charge >= 0.3 is 0 Å². The predicted molar refractivity (Wildman–Crippen MR) is 259 cm³/mol. The number of benzene rings is 13. The molecule has 13 rings (SSSR count). The molecular formula is C60H36. The van der Waals surface area contributed by atoms with Crippen LogP contribution in [0.25, 0.3) is 131 Å². The Balaban J connectivity index is 1.13. The van der Waals surface area contributed by atoms with Crippen molar-refractivity contribution in [3.8, 4) is 55.6 Å². The van der Waals surface area contributed by atoms with Crippen LogP contribution < -0.4 is 0 Å². The van der Waals surface area contributed by atoms with Gasteiger partial charge in [0.15, 0.2) is 0 Å².